The minimum Gasteiger partial charge on any atom is -0.305 e. The molecular weight excluding hydrogens is 306 g/mol. The summed E-state index contributed by atoms with van der Waals surface area (Å²) in [5.74, 6) is -0.172. The minimum atomic E-state index is -0.778. The number of benzene rings is 1. The van der Waals surface area contributed by atoms with Crippen molar-refractivity contribution in [3.05, 3.63) is 54.3 Å². The molecule has 1 heterocycles. The summed E-state index contributed by atoms with van der Waals surface area (Å²) in [5, 5.41) is 22.4. The molecule has 0 aliphatic heterocycles. The lowest BCUT2D eigenvalue weighted by atomic mass is 10.0. The summed E-state index contributed by atoms with van der Waals surface area (Å²) in [5.41, 5.74) is -1.31. The molecule has 2 aromatic rings. The van der Waals surface area contributed by atoms with Crippen LogP contribution in [-0.2, 0) is 18.3 Å². The second-order valence-electron chi connectivity index (χ2n) is 5.01. The Hall–Kier alpha value is -3.10. The number of Topliss-reactive ketones (excluding diaryl/α,β-unsaturated/α-hetero) is 1. The van der Waals surface area contributed by atoms with Gasteiger partial charge < -0.3 is 4.57 Å². The average Bonchev–Trinajstić information content (AvgIpc) is 2.50. The molecule has 2 rings (SSSR count). The average molecular weight is 319 g/mol. The van der Waals surface area contributed by atoms with Crippen LogP contribution in [0.1, 0.15) is 18.9 Å². The van der Waals surface area contributed by atoms with Crippen molar-refractivity contribution in [1.82, 2.24) is 4.57 Å². The Bertz CT molecular complexity index is 900. The predicted molar refractivity (Wildman–Crippen MR) is 81.5 cm³/mol. The Morgan fingerprint density at radius 1 is 1.17 bits per heavy atom. The molecule has 0 bridgehead atoms. The monoisotopic (exact) mass is 319 g/mol. The number of hydrogen-bond donors (Lipinski definition) is 0. The Labute approximate surface area is 129 Å². The number of nitro benzene ring substituents is 2. The molecule has 0 N–H and O–H groups in total. The molecule has 9 nitrogen and oxygen atoms in total. The van der Waals surface area contributed by atoms with Gasteiger partial charge in [0.1, 0.15) is 11.3 Å². The van der Waals surface area contributed by atoms with Crippen molar-refractivity contribution in [1.29, 1.82) is 0 Å². The van der Waals surface area contributed by atoms with E-state index in [9.17, 15) is 29.8 Å². The van der Waals surface area contributed by atoms with Gasteiger partial charge in [0.05, 0.1) is 15.9 Å². The van der Waals surface area contributed by atoms with Gasteiger partial charge >= 0.3 is 0 Å². The molecule has 0 atom stereocenters. The van der Waals surface area contributed by atoms with E-state index in [4.69, 9.17) is 0 Å². The highest BCUT2D eigenvalue weighted by Crippen LogP contribution is 2.32. The van der Waals surface area contributed by atoms with Crippen molar-refractivity contribution in [2.75, 3.05) is 0 Å². The quantitative estimate of drug-likeness (QED) is 0.611. The lowest BCUT2D eigenvalue weighted by molar-refractivity contribution is -0.393. The highest BCUT2D eigenvalue weighted by molar-refractivity contribution is 5.95. The van der Waals surface area contributed by atoms with Crippen LogP contribution < -0.4 is 5.56 Å². The van der Waals surface area contributed by atoms with Crippen LogP contribution in [0.25, 0.3) is 10.9 Å². The number of fused-ring (bicyclic) bond motifs is 1. The van der Waals surface area contributed by atoms with Crippen LogP contribution in [0.2, 0.25) is 0 Å². The molecule has 1 aromatic heterocycles. The van der Waals surface area contributed by atoms with E-state index in [1.54, 1.807) is 6.92 Å². The second kappa shape index (κ2) is 5.95. The number of non-ortho nitro benzene ring substituents is 2. The van der Waals surface area contributed by atoms with Crippen molar-refractivity contribution >= 4 is 28.1 Å². The minimum absolute atomic E-state index is 0.0352. The van der Waals surface area contributed by atoms with Gasteiger partial charge in [0.15, 0.2) is 0 Å². The number of carbonyl (C=O) groups is 1. The molecule has 0 amide bonds. The van der Waals surface area contributed by atoms with E-state index in [1.807, 2.05) is 0 Å². The van der Waals surface area contributed by atoms with E-state index in [0.29, 0.717) is 0 Å². The van der Waals surface area contributed by atoms with Gasteiger partial charge in [0, 0.05) is 37.4 Å². The molecular formula is C14H13N3O6. The summed E-state index contributed by atoms with van der Waals surface area (Å²) < 4.78 is 1.05. The first-order chi connectivity index (χ1) is 10.8. The number of carbonyl (C=O) groups excluding carboxylic acids is 1. The van der Waals surface area contributed by atoms with Crippen LogP contribution in [0.4, 0.5) is 11.4 Å². The summed E-state index contributed by atoms with van der Waals surface area (Å²) in [6.07, 6.45) is 0.120. The van der Waals surface area contributed by atoms with Gasteiger partial charge in [-0.3, -0.25) is 29.8 Å². The maximum Gasteiger partial charge on any atom is 0.300 e. The van der Waals surface area contributed by atoms with Gasteiger partial charge in [-0.05, 0) is 5.56 Å². The molecule has 0 saturated carbocycles. The van der Waals surface area contributed by atoms with Gasteiger partial charge in [-0.25, -0.2) is 0 Å². The highest BCUT2D eigenvalue weighted by Gasteiger charge is 2.24. The number of aryl methyl sites for hydroxylation is 1. The summed E-state index contributed by atoms with van der Waals surface area (Å²) in [6.45, 7) is 1.65. The van der Waals surface area contributed by atoms with Crippen LogP contribution in [0, 0.1) is 20.2 Å². The number of aromatic nitrogens is 1. The van der Waals surface area contributed by atoms with Crippen LogP contribution in [0.3, 0.4) is 0 Å². The van der Waals surface area contributed by atoms with E-state index in [-0.39, 0.29) is 35.1 Å². The third kappa shape index (κ3) is 2.93. The fourth-order valence-corrected chi connectivity index (χ4v) is 2.36. The maximum absolute atomic E-state index is 12.0. The molecule has 0 aliphatic carbocycles. The smallest absolute Gasteiger partial charge is 0.300 e. The first-order valence-corrected chi connectivity index (χ1v) is 6.73. The molecule has 0 spiro atoms. The number of nitrogens with zero attached hydrogens (tertiary/aromatic N) is 3. The van der Waals surface area contributed by atoms with Crippen LogP contribution in [0.15, 0.2) is 23.0 Å². The number of hydrogen-bond acceptors (Lipinski definition) is 6. The molecule has 0 saturated heterocycles. The van der Waals surface area contributed by atoms with Gasteiger partial charge in [-0.2, -0.15) is 0 Å². The first-order valence-electron chi connectivity index (χ1n) is 6.73. The lowest BCUT2D eigenvalue weighted by Crippen LogP contribution is -2.19. The zero-order valence-electron chi connectivity index (χ0n) is 12.4. The third-order valence-corrected chi connectivity index (χ3v) is 3.57. The van der Waals surface area contributed by atoms with Crippen molar-refractivity contribution in [3.8, 4) is 0 Å². The van der Waals surface area contributed by atoms with Crippen LogP contribution in [0.5, 0.6) is 0 Å². The van der Waals surface area contributed by atoms with Gasteiger partial charge in [0.2, 0.25) is 0 Å². The van der Waals surface area contributed by atoms with Crippen molar-refractivity contribution in [3.63, 3.8) is 0 Å². The van der Waals surface area contributed by atoms with Crippen molar-refractivity contribution in [2.24, 2.45) is 7.05 Å². The van der Waals surface area contributed by atoms with Crippen LogP contribution >= 0.6 is 0 Å². The SMILES string of the molecule is CCC(=O)Cc1cc(=O)n(C)c2c([N+](=O)[O-])cc([N+](=O)[O-])cc12. The summed E-state index contributed by atoms with van der Waals surface area (Å²) >= 11 is 0. The van der Waals surface area contributed by atoms with E-state index in [0.717, 1.165) is 16.7 Å². The fourth-order valence-electron chi connectivity index (χ4n) is 2.36. The van der Waals surface area contributed by atoms with Crippen LogP contribution in [-0.4, -0.2) is 20.2 Å². The molecule has 0 fully saturated rings. The van der Waals surface area contributed by atoms with Gasteiger partial charge in [-0.1, -0.05) is 6.92 Å². The molecule has 0 aliphatic rings. The van der Waals surface area contributed by atoms with Crippen molar-refractivity contribution < 1.29 is 14.6 Å². The summed E-state index contributed by atoms with van der Waals surface area (Å²) in [6, 6.07) is 3.15. The van der Waals surface area contributed by atoms with Gasteiger partial charge in [-0.15, -0.1) is 0 Å². The molecule has 23 heavy (non-hydrogen) atoms. The molecule has 0 unspecified atom stereocenters. The Kier molecular flexibility index (Phi) is 4.21. The molecule has 120 valence electrons. The molecule has 0 radical (unpaired) electrons. The van der Waals surface area contributed by atoms with Gasteiger partial charge in [0.25, 0.3) is 16.9 Å². The lowest BCUT2D eigenvalue weighted by Gasteiger charge is -2.10. The number of ketones is 1. The number of nitro groups is 2. The topological polar surface area (TPSA) is 125 Å². The Morgan fingerprint density at radius 2 is 1.83 bits per heavy atom. The van der Waals surface area contributed by atoms with Crippen molar-refractivity contribution in [2.45, 2.75) is 19.8 Å². The maximum atomic E-state index is 12.0. The third-order valence-electron chi connectivity index (χ3n) is 3.57. The Balaban J connectivity index is 2.95. The van der Waals surface area contributed by atoms with E-state index < -0.39 is 26.8 Å². The first kappa shape index (κ1) is 16.3. The molecule has 1 aromatic carbocycles. The number of pyridine rings is 1. The predicted octanol–water partition coefficient (Wildman–Crippen LogP) is 1.88. The molecule has 9 heteroatoms. The zero-order valence-corrected chi connectivity index (χ0v) is 12.4. The number of rotatable bonds is 5. The fraction of sp³-hybridized carbons (Fsp3) is 0.286. The zero-order chi connectivity index (χ0) is 17.3. The summed E-state index contributed by atoms with van der Waals surface area (Å²) in [7, 11) is 1.34. The van der Waals surface area contributed by atoms with E-state index >= 15 is 0 Å². The highest BCUT2D eigenvalue weighted by atomic mass is 16.6. The largest absolute Gasteiger partial charge is 0.305 e. The standard InChI is InChI=1S/C14H13N3O6/c1-3-10(18)4-8-5-13(19)15(2)14-11(8)6-9(16(20)21)7-12(14)17(22)23/h5-7H,3-4H2,1-2H3. The summed E-state index contributed by atoms with van der Waals surface area (Å²) in [4.78, 5) is 44.4. The normalized spacial score (nSPS) is 10.7. The second-order valence-corrected chi connectivity index (χ2v) is 5.01. The Morgan fingerprint density at radius 3 is 2.35 bits per heavy atom. The van der Waals surface area contributed by atoms with E-state index in [1.165, 1.54) is 13.1 Å². The van der Waals surface area contributed by atoms with E-state index in [2.05, 4.69) is 0 Å².